The first-order valence-electron chi connectivity index (χ1n) is 7.23. The fourth-order valence-electron chi connectivity index (χ4n) is 2.25. The van der Waals surface area contributed by atoms with E-state index in [-0.39, 0.29) is 5.56 Å². The number of carboxylic acids is 1. The lowest BCUT2D eigenvalue weighted by Crippen LogP contribution is -1.94. The van der Waals surface area contributed by atoms with Crippen molar-refractivity contribution in [1.29, 1.82) is 0 Å². The van der Waals surface area contributed by atoms with Gasteiger partial charge >= 0.3 is 5.97 Å². The van der Waals surface area contributed by atoms with Crippen molar-refractivity contribution in [2.45, 2.75) is 0 Å². The lowest BCUT2D eigenvalue weighted by molar-refractivity contribution is 0.0697. The Balaban J connectivity index is 1.88. The molecule has 23 heavy (non-hydrogen) atoms. The van der Waals surface area contributed by atoms with E-state index in [9.17, 15) is 4.79 Å². The number of rotatable bonds is 2. The lowest BCUT2D eigenvalue weighted by atomic mass is 10.0. The highest BCUT2D eigenvalue weighted by Gasteiger charge is 2.03. The van der Waals surface area contributed by atoms with Gasteiger partial charge in [0.15, 0.2) is 0 Å². The summed E-state index contributed by atoms with van der Waals surface area (Å²) in [5.74, 6) is 5.37. The molecule has 2 heteroatoms. The average Bonchev–Trinajstić information content (AvgIpc) is 2.61. The Labute approximate surface area is 135 Å². The molecule has 0 unspecified atom stereocenters. The fourth-order valence-corrected chi connectivity index (χ4v) is 2.25. The summed E-state index contributed by atoms with van der Waals surface area (Å²) in [7, 11) is 0. The standard InChI is InChI=1S/C21H14O2/c22-21(23)19-13-11-18(12-14-19)20-8-4-7-17(15-20)10-9-16-5-2-1-3-6-16/h1-8,11-15H,(H,22,23). The van der Waals surface area contributed by atoms with Gasteiger partial charge in [0.25, 0.3) is 0 Å². The Morgan fingerprint density at radius 2 is 1.35 bits per heavy atom. The Bertz CT molecular complexity index is 882. The van der Waals surface area contributed by atoms with Gasteiger partial charge in [-0.1, -0.05) is 54.3 Å². The summed E-state index contributed by atoms with van der Waals surface area (Å²) in [6.45, 7) is 0. The SMILES string of the molecule is O=C(O)c1ccc(-c2cccc(C#Cc3ccccc3)c2)cc1. The minimum absolute atomic E-state index is 0.286. The van der Waals surface area contributed by atoms with E-state index < -0.39 is 5.97 Å². The van der Waals surface area contributed by atoms with Gasteiger partial charge in [-0.2, -0.15) is 0 Å². The monoisotopic (exact) mass is 298 g/mol. The van der Waals surface area contributed by atoms with E-state index in [2.05, 4.69) is 11.8 Å². The summed E-state index contributed by atoms with van der Waals surface area (Å²) in [6, 6.07) is 24.6. The quantitative estimate of drug-likeness (QED) is 0.710. The van der Waals surface area contributed by atoms with Gasteiger partial charge in [-0.25, -0.2) is 4.79 Å². The first kappa shape index (κ1) is 14.6. The average molecular weight is 298 g/mol. The number of carboxylic acid groups (broad SMARTS) is 1. The Morgan fingerprint density at radius 1 is 0.696 bits per heavy atom. The maximum absolute atomic E-state index is 10.9. The van der Waals surface area contributed by atoms with Crippen molar-refractivity contribution in [3.63, 3.8) is 0 Å². The van der Waals surface area contributed by atoms with Gasteiger partial charge in [0, 0.05) is 11.1 Å². The molecule has 0 fully saturated rings. The molecule has 3 aromatic rings. The van der Waals surface area contributed by atoms with Crippen LogP contribution in [-0.2, 0) is 0 Å². The van der Waals surface area contributed by atoms with E-state index in [0.717, 1.165) is 22.3 Å². The zero-order valence-corrected chi connectivity index (χ0v) is 12.4. The number of aromatic carboxylic acids is 1. The molecule has 0 aliphatic rings. The first-order valence-corrected chi connectivity index (χ1v) is 7.23. The van der Waals surface area contributed by atoms with Crippen molar-refractivity contribution in [2.24, 2.45) is 0 Å². The fraction of sp³-hybridized carbons (Fsp3) is 0. The molecule has 1 N–H and O–H groups in total. The molecular formula is C21H14O2. The maximum atomic E-state index is 10.9. The predicted molar refractivity (Wildman–Crippen MR) is 91.3 cm³/mol. The topological polar surface area (TPSA) is 37.3 Å². The molecule has 0 saturated heterocycles. The van der Waals surface area contributed by atoms with Gasteiger partial charge in [0.1, 0.15) is 0 Å². The van der Waals surface area contributed by atoms with Crippen LogP contribution in [0.3, 0.4) is 0 Å². The van der Waals surface area contributed by atoms with Gasteiger partial charge in [-0.3, -0.25) is 0 Å². The number of hydrogen-bond acceptors (Lipinski definition) is 1. The van der Waals surface area contributed by atoms with Gasteiger partial charge in [-0.05, 0) is 47.5 Å². The highest BCUT2D eigenvalue weighted by Crippen LogP contribution is 2.21. The van der Waals surface area contributed by atoms with Crippen LogP contribution in [0.15, 0.2) is 78.9 Å². The van der Waals surface area contributed by atoms with Crippen molar-refractivity contribution >= 4 is 5.97 Å². The van der Waals surface area contributed by atoms with Gasteiger partial charge in [-0.15, -0.1) is 0 Å². The smallest absolute Gasteiger partial charge is 0.335 e. The van der Waals surface area contributed by atoms with Crippen LogP contribution < -0.4 is 0 Å². The minimum atomic E-state index is -0.918. The van der Waals surface area contributed by atoms with Crippen molar-refractivity contribution in [2.75, 3.05) is 0 Å². The van der Waals surface area contributed by atoms with Gasteiger partial charge < -0.3 is 5.11 Å². The van der Waals surface area contributed by atoms with E-state index in [0.29, 0.717) is 0 Å². The molecule has 0 heterocycles. The van der Waals surface area contributed by atoms with Gasteiger partial charge in [0.2, 0.25) is 0 Å². The number of benzene rings is 3. The van der Waals surface area contributed by atoms with Crippen LogP contribution in [0.2, 0.25) is 0 Å². The zero-order chi connectivity index (χ0) is 16.1. The van der Waals surface area contributed by atoms with Crippen molar-refractivity contribution in [3.05, 3.63) is 95.6 Å². The minimum Gasteiger partial charge on any atom is -0.478 e. The molecule has 0 saturated carbocycles. The Kier molecular flexibility index (Phi) is 4.22. The second-order valence-corrected chi connectivity index (χ2v) is 5.08. The summed E-state index contributed by atoms with van der Waals surface area (Å²) in [5.41, 5.74) is 4.17. The maximum Gasteiger partial charge on any atom is 0.335 e. The van der Waals surface area contributed by atoms with E-state index in [1.807, 2.05) is 66.7 Å². The third-order valence-electron chi connectivity index (χ3n) is 3.45. The Morgan fingerprint density at radius 3 is 2.04 bits per heavy atom. The summed E-state index contributed by atoms with van der Waals surface area (Å²) in [6.07, 6.45) is 0. The van der Waals surface area contributed by atoms with Crippen LogP contribution in [-0.4, -0.2) is 11.1 Å². The van der Waals surface area contributed by atoms with Crippen molar-refractivity contribution in [1.82, 2.24) is 0 Å². The number of carbonyl (C=O) groups is 1. The van der Waals surface area contributed by atoms with Crippen LogP contribution in [0.5, 0.6) is 0 Å². The Hall–Kier alpha value is -3.31. The molecule has 3 rings (SSSR count). The summed E-state index contributed by atoms with van der Waals surface area (Å²) >= 11 is 0. The van der Waals surface area contributed by atoms with E-state index in [4.69, 9.17) is 5.11 Å². The molecule has 0 spiro atoms. The van der Waals surface area contributed by atoms with Crippen molar-refractivity contribution < 1.29 is 9.90 Å². The summed E-state index contributed by atoms with van der Waals surface area (Å²) in [4.78, 5) is 10.9. The molecule has 0 aliphatic heterocycles. The van der Waals surface area contributed by atoms with E-state index >= 15 is 0 Å². The molecule has 3 aromatic carbocycles. The van der Waals surface area contributed by atoms with Gasteiger partial charge in [0.05, 0.1) is 5.56 Å². The van der Waals surface area contributed by atoms with E-state index in [1.165, 1.54) is 0 Å². The number of hydrogen-bond donors (Lipinski definition) is 1. The summed E-state index contributed by atoms with van der Waals surface area (Å²) < 4.78 is 0. The highest BCUT2D eigenvalue weighted by atomic mass is 16.4. The molecule has 0 radical (unpaired) electrons. The third kappa shape index (κ3) is 3.66. The van der Waals surface area contributed by atoms with Crippen LogP contribution in [0, 0.1) is 11.8 Å². The van der Waals surface area contributed by atoms with Crippen LogP contribution >= 0.6 is 0 Å². The van der Waals surface area contributed by atoms with E-state index in [1.54, 1.807) is 12.1 Å². The molecule has 0 aromatic heterocycles. The molecule has 0 atom stereocenters. The van der Waals surface area contributed by atoms with Crippen LogP contribution in [0.25, 0.3) is 11.1 Å². The second-order valence-electron chi connectivity index (χ2n) is 5.08. The zero-order valence-electron chi connectivity index (χ0n) is 12.4. The predicted octanol–water partition coefficient (Wildman–Crippen LogP) is 4.45. The lowest BCUT2D eigenvalue weighted by Gasteiger charge is -2.03. The summed E-state index contributed by atoms with van der Waals surface area (Å²) in [5, 5.41) is 8.95. The largest absolute Gasteiger partial charge is 0.478 e. The van der Waals surface area contributed by atoms with Crippen molar-refractivity contribution in [3.8, 4) is 23.0 Å². The molecule has 0 aliphatic carbocycles. The normalized spacial score (nSPS) is 9.74. The second kappa shape index (κ2) is 6.64. The molecule has 2 nitrogen and oxygen atoms in total. The third-order valence-corrected chi connectivity index (χ3v) is 3.45. The van der Waals surface area contributed by atoms with Crippen LogP contribution in [0.4, 0.5) is 0 Å². The first-order chi connectivity index (χ1) is 11.2. The molecule has 0 bridgehead atoms. The van der Waals surface area contributed by atoms with Crippen LogP contribution in [0.1, 0.15) is 21.5 Å². The molecule has 0 amide bonds. The highest BCUT2D eigenvalue weighted by molar-refractivity contribution is 5.88. The molecular weight excluding hydrogens is 284 g/mol. The molecule has 110 valence electrons.